The summed E-state index contributed by atoms with van der Waals surface area (Å²) in [6.45, 7) is 1.62. The van der Waals surface area contributed by atoms with Crippen molar-refractivity contribution in [2.24, 2.45) is 0 Å². The summed E-state index contributed by atoms with van der Waals surface area (Å²) in [7, 11) is 0. The molecule has 0 amide bonds. The van der Waals surface area contributed by atoms with Crippen LogP contribution in [0.2, 0.25) is 0 Å². The van der Waals surface area contributed by atoms with Crippen molar-refractivity contribution in [3.8, 4) is 6.07 Å². The molecule has 27 heavy (non-hydrogen) atoms. The van der Waals surface area contributed by atoms with Crippen molar-refractivity contribution in [3.63, 3.8) is 0 Å². The van der Waals surface area contributed by atoms with Gasteiger partial charge in [0.05, 0.1) is 22.8 Å². The van der Waals surface area contributed by atoms with Crippen molar-refractivity contribution in [2.75, 3.05) is 18.0 Å². The third-order valence-electron chi connectivity index (χ3n) is 5.29. The highest BCUT2D eigenvalue weighted by molar-refractivity contribution is 6.00. The number of aromatic amines is 2. The Balaban J connectivity index is 1.45. The lowest BCUT2D eigenvalue weighted by Crippen LogP contribution is -2.37. The number of anilines is 1. The van der Waals surface area contributed by atoms with Crippen LogP contribution < -0.4 is 10.6 Å². The van der Waals surface area contributed by atoms with E-state index in [2.05, 4.69) is 30.9 Å². The van der Waals surface area contributed by atoms with Crippen molar-refractivity contribution < 1.29 is 0 Å². The summed E-state index contributed by atoms with van der Waals surface area (Å²) in [5.74, 6) is 0.871. The zero-order valence-corrected chi connectivity index (χ0v) is 14.5. The Morgan fingerprint density at radius 2 is 2.00 bits per heavy atom. The fraction of sp³-hybridized carbons (Fsp3) is 0.263. The van der Waals surface area contributed by atoms with Gasteiger partial charge in [0, 0.05) is 36.9 Å². The van der Waals surface area contributed by atoms with Gasteiger partial charge in [-0.25, -0.2) is 14.8 Å². The average molecular weight is 359 g/mol. The molecule has 0 aliphatic carbocycles. The standard InChI is InChI=1S/C19H17N7O/c20-9-12-1-2-16(22-10-12)25-7-4-13(5-8-25)26-17-14-3-6-21-18(14)23-11-15(17)24-19(26)27/h1-3,6,10-11,13H,4-5,7-8H2,(H,21,23)(H,24,27). The second-order valence-electron chi connectivity index (χ2n) is 6.80. The van der Waals surface area contributed by atoms with E-state index in [1.165, 1.54) is 0 Å². The van der Waals surface area contributed by atoms with E-state index in [0.29, 0.717) is 5.56 Å². The third-order valence-corrected chi connectivity index (χ3v) is 5.29. The molecule has 0 saturated carbocycles. The maximum Gasteiger partial charge on any atom is 0.326 e. The molecule has 0 aromatic carbocycles. The van der Waals surface area contributed by atoms with Crippen LogP contribution in [0.25, 0.3) is 22.1 Å². The van der Waals surface area contributed by atoms with Gasteiger partial charge in [0.25, 0.3) is 0 Å². The Morgan fingerprint density at radius 1 is 1.15 bits per heavy atom. The number of piperidine rings is 1. The van der Waals surface area contributed by atoms with Gasteiger partial charge in [-0.1, -0.05) is 0 Å². The smallest absolute Gasteiger partial charge is 0.326 e. The Bertz CT molecular complexity index is 1220. The highest BCUT2D eigenvalue weighted by Crippen LogP contribution is 2.29. The van der Waals surface area contributed by atoms with E-state index in [1.54, 1.807) is 18.5 Å². The van der Waals surface area contributed by atoms with E-state index >= 15 is 0 Å². The number of nitriles is 1. The second-order valence-corrected chi connectivity index (χ2v) is 6.80. The largest absolute Gasteiger partial charge is 0.356 e. The highest BCUT2D eigenvalue weighted by atomic mass is 16.1. The second kappa shape index (κ2) is 5.99. The third kappa shape index (κ3) is 2.47. The fourth-order valence-corrected chi connectivity index (χ4v) is 3.96. The molecule has 0 bridgehead atoms. The zero-order valence-electron chi connectivity index (χ0n) is 14.5. The summed E-state index contributed by atoms with van der Waals surface area (Å²) in [4.78, 5) is 29.6. The first-order valence-electron chi connectivity index (χ1n) is 8.92. The Hall–Kier alpha value is -3.60. The van der Waals surface area contributed by atoms with Crippen molar-refractivity contribution in [2.45, 2.75) is 18.9 Å². The number of imidazole rings is 1. The lowest BCUT2D eigenvalue weighted by atomic mass is 10.0. The molecule has 2 N–H and O–H groups in total. The van der Waals surface area contributed by atoms with E-state index in [-0.39, 0.29) is 11.7 Å². The van der Waals surface area contributed by atoms with Gasteiger partial charge in [0.2, 0.25) is 0 Å². The summed E-state index contributed by atoms with van der Waals surface area (Å²) in [5.41, 5.74) is 2.94. The van der Waals surface area contributed by atoms with Crippen molar-refractivity contribution in [1.29, 1.82) is 5.26 Å². The minimum Gasteiger partial charge on any atom is -0.356 e. The van der Waals surface area contributed by atoms with Crippen LogP contribution in [0.5, 0.6) is 0 Å². The highest BCUT2D eigenvalue weighted by Gasteiger charge is 2.25. The Morgan fingerprint density at radius 3 is 2.74 bits per heavy atom. The number of fused-ring (bicyclic) bond motifs is 3. The van der Waals surface area contributed by atoms with Crippen LogP contribution >= 0.6 is 0 Å². The lowest BCUT2D eigenvalue weighted by Gasteiger charge is -2.33. The number of rotatable bonds is 2. The number of hydrogen-bond donors (Lipinski definition) is 2. The molecule has 1 saturated heterocycles. The molecule has 134 valence electrons. The van der Waals surface area contributed by atoms with Gasteiger partial charge in [-0.3, -0.25) is 4.57 Å². The van der Waals surface area contributed by atoms with Gasteiger partial charge in [0.15, 0.2) is 0 Å². The van der Waals surface area contributed by atoms with Gasteiger partial charge in [-0.05, 0) is 31.0 Å². The topological polar surface area (TPSA) is 106 Å². The Kier molecular flexibility index (Phi) is 3.47. The molecule has 5 heterocycles. The molecule has 4 aromatic heterocycles. The quantitative estimate of drug-likeness (QED) is 0.571. The van der Waals surface area contributed by atoms with Crippen LogP contribution in [-0.4, -0.2) is 37.6 Å². The minimum absolute atomic E-state index is 0.0875. The summed E-state index contributed by atoms with van der Waals surface area (Å²) in [6, 6.07) is 7.84. The minimum atomic E-state index is -0.0875. The molecule has 0 radical (unpaired) electrons. The van der Waals surface area contributed by atoms with Crippen LogP contribution in [0.4, 0.5) is 5.82 Å². The fourth-order valence-electron chi connectivity index (χ4n) is 3.96. The molecule has 8 heteroatoms. The maximum atomic E-state index is 12.6. The molecule has 1 aliphatic heterocycles. The first-order chi connectivity index (χ1) is 13.2. The Labute approximate surface area is 154 Å². The lowest BCUT2D eigenvalue weighted by molar-refractivity contribution is 0.396. The van der Waals surface area contributed by atoms with Gasteiger partial charge in [-0.15, -0.1) is 0 Å². The molecule has 1 aliphatic rings. The molecular formula is C19H17N7O. The predicted octanol–water partition coefficient (Wildman–Crippen LogP) is 2.31. The normalized spacial score (nSPS) is 15.4. The number of H-pyrrole nitrogens is 2. The van der Waals surface area contributed by atoms with Gasteiger partial charge >= 0.3 is 5.69 Å². The van der Waals surface area contributed by atoms with Crippen molar-refractivity contribution in [3.05, 3.63) is 52.8 Å². The number of nitrogens with zero attached hydrogens (tertiary/aromatic N) is 5. The first kappa shape index (κ1) is 15.6. The molecule has 1 fully saturated rings. The monoisotopic (exact) mass is 359 g/mol. The number of nitrogens with one attached hydrogen (secondary N) is 2. The molecule has 0 atom stereocenters. The van der Waals surface area contributed by atoms with E-state index in [0.717, 1.165) is 53.8 Å². The zero-order chi connectivity index (χ0) is 18.4. The van der Waals surface area contributed by atoms with E-state index in [1.807, 2.05) is 22.9 Å². The van der Waals surface area contributed by atoms with Crippen LogP contribution in [0.15, 0.2) is 41.6 Å². The summed E-state index contributed by atoms with van der Waals surface area (Å²) in [6.07, 6.45) is 6.85. The molecule has 5 rings (SSSR count). The summed E-state index contributed by atoms with van der Waals surface area (Å²) >= 11 is 0. The van der Waals surface area contributed by atoms with E-state index in [9.17, 15) is 4.79 Å². The van der Waals surface area contributed by atoms with E-state index in [4.69, 9.17) is 5.26 Å². The summed E-state index contributed by atoms with van der Waals surface area (Å²) in [5, 5.41) is 9.87. The SMILES string of the molecule is N#Cc1ccc(N2CCC(n3c(=O)[nH]c4cnc5[nH]ccc5c43)CC2)nc1. The molecule has 0 spiro atoms. The molecule has 4 aromatic rings. The predicted molar refractivity (Wildman–Crippen MR) is 102 cm³/mol. The van der Waals surface area contributed by atoms with Gasteiger partial charge in [-0.2, -0.15) is 5.26 Å². The van der Waals surface area contributed by atoms with Gasteiger partial charge < -0.3 is 14.9 Å². The van der Waals surface area contributed by atoms with Crippen LogP contribution in [0, 0.1) is 11.3 Å². The average Bonchev–Trinajstić information content (AvgIpc) is 3.31. The number of hydrogen-bond acceptors (Lipinski definition) is 5. The van der Waals surface area contributed by atoms with Crippen LogP contribution in [0.3, 0.4) is 0 Å². The molecular weight excluding hydrogens is 342 g/mol. The molecule has 8 nitrogen and oxygen atoms in total. The summed E-state index contributed by atoms with van der Waals surface area (Å²) < 4.78 is 1.89. The van der Waals surface area contributed by atoms with E-state index < -0.39 is 0 Å². The number of pyridine rings is 2. The maximum absolute atomic E-state index is 12.6. The number of aromatic nitrogens is 5. The van der Waals surface area contributed by atoms with Crippen LogP contribution in [-0.2, 0) is 0 Å². The van der Waals surface area contributed by atoms with Crippen molar-refractivity contribution >= 4 is 27.9 Å². The molecule has 0 unspecified atom stereocenters. The first-order valence-corrected chi connectivity index (χ1v) is 8.92. The van der Waals surface area contributed by atoms with Crippen LogP contribution in [0.1, 0.15) is 24.4 Å². The van der Waals surface area contributed by atoms with Crippen molar-refractivity contribution in [1.82, 2.24) is 24.5 Å². The van der Waals surface area contributed by atoms with Gasteiger partial charge in [0.1, 0.15) is 17.5 Å².